The van der Waals surface area contributed by atoms with E-state index in [0.29, 0.717) is 10.8 Å². The van der Waals surface area contributed by atoms with Gasteiger partial charge in [0.2, 0.25) is 6.79 Å². The van der Waals surface area contributed by atoms with Crippen molar-refractivity contribution in [1.82, 2.24) is 0 Å². The molecular formula is C13H16ClNO2. The Morgan fingerprint density at radius 1 is 1.12 bits per heavy atom. The summed E-state index contributed by atoms with van der Waals surface area (Å²) in [7, 11) is 0. The molecule has 0 spiro atoms. The van der Waals surface area contributed by atoms with Gasteiger partial charge in [0.25, 0.3) is 0 Å². The topological polar surface area (TPSA) is 44.5 Å². The van der Waals surface area contributed by atoms with Gasteiger partial charge in [-0.25, -0.2) is 0 Å². The van der Waals surface area contributed by atoms with Crippen LogP contribution in [0.15, 0.2) is 12.1 Å². The van der Waals surface area contributed by atoms with Crippen molar-refractivity contribution in [2.24, 2.45) is 5.73 Å². The lowest BCUT2D eigenvalue weighted by Crippen LogP contribution is -2.38. The molecule has 0 unspecified atom stereocenters. The number of hydrogen-bond donors (Lipinski definition) is 1. The number of fused-ring (bicyclic) bond motifs is 1. The summed E-state index contributed by atoms with van der Waals surface area (Å²) in [6.07, 6.45) is 5.67. The number of hydrogen-bond acceptors (Lipinski definition) is 3. The van der Waals surface area contributed by atoms with Crippen molar-refractivity contribution in [3.63, 3.8) is 0 Å². The molecule has 0 saturated heterocycles. The van der Waals surface area contributed by atoms with Crippen LogP contribution in [0.5, 0.6) is 11.5 Å². The first-order valence-electron chi connectivity index (χ1n) is 6.08. The third-order valence-electron chi connectivity index (χ3n) is 3.75. The van der Waals surface area contributed by atoms with E-state index in [0.717, 1.165) is 24.2 Å². The molecule has 0 atom stereocenters. The van der Waals surface area contributed by atoms with Gasteiger partial charge < -0.3 is 15.2 Å². The Morgan fingerprint density at radius 2 is 1.88 bits per heavy atom. The molecule has 3 nitrogen and oxygen atoms in total. The number of rotatable bonds is 1. The minimum Gasteiger partial charge on any atom is -0.454 e. The fourth-order valence-electron chi connectivity index (χ4n) is 2.73. The Kier molecular flexibility index (Phi) is 2.68. The molecule has 1 aliphatic heterocycles. The number of ether oxygens (including phenoxy) is 2. The first kappa shape index (κ1) is 11.2. The average molecular weight is 254 g/mol. The Morgan fingerprint density at radius 3 is 2.65 bits per heavy atom. The van der Waals surface area contributed by atoms with Crippen LogP contribution < -0.4 is 15.2 Å². The van der Waals surface area contributed by atoms with E-state index in [9.17, 15) is 0 Å². The van der Waals surface area contributed by atoms with E-state index < -0.39 is 0 Å². The van der Waals surface area contributed by atoms with Crippen LogP contribution in [0.1, 0.15) is 37.7 Å². The van der Waals surface area contributed by atoms with Crippen molar-refractivity contribution in [1.29, 1.82) is 0 Å². The van der Waals surface area contributed by atoms with Crippen LogP contribution in [-0.2, 0) is 5.54 Å². The first-order valence-corrected chi connectivity index (χ1v) is 6.45. The Balaban J connectivity index is 2.00. The Bertz CT molecular complexity index is 441. The van der Waals surface area contributed by atoms with Crippen molar-refractivity contribution in [3.05, 3.63) is 22.7 Å². The lowest BCUT2D eigenvalue weighted by molar-refractivity contribution is 0.174. The van der Waals surface area contributed by atoms with Crippen molar-refractivity contribution in [3.8, 4) is 11.5 Å². The van der Waals surface area contributed by atoms with Crippen molar-refractivity contribution < 1.29 is 9.47 Å². The molecule has 92 valence electrons. The fraction of sp³-hybridized carbons (Fsp3) is 0.538. The van der Waals surface area contributed by atoms with Gasteiger partial charge in [-0.05, 0) is 30.5 Å². The van der Waals surface area contributed by atoms with Gasteiger partial charge in [-0.2, -0.15) is 0 Å². The molecule has 0 amide bonds. The third kappa shape index (κ3) is 1.87. The van der Waals surface area contributed by atoms with Gasteiger partial charge in [-0.1, -0.05) is 30.9 Å². The van der Waals surface area contributed by atoms with Gasteiger partial charge in [0.15, 0.2) is 11.5 Å². The Hall–Kier alpha value is -0.930. The van der Waals surface area contributed by atoms with E-state index in [-0.39, 0.29) is 12.3 Å². The second-order valence-corrected chi connectivity index (χ2v) is 5.32. The predicted octanol–water partition coefficient (Wildman–Crippen LogP) is 3.19. The molecule has 1 heterocycles. The van der Waals surface area contributed by atoms with Crippen LogP contribution in [0, 0.1) is 0 Å². The molecule has 0 radical (unpaired) electrons. The van der Waals surface area contributed by atoms with Crippen LogP contribution >= 0.6 is 11.6 Å². The molecule has 1 fully saturated rings. The maximum Gasteiger partial charge on any atom is 0.231 e. The standard InChI is InChI=1S/C13H16ClNO2/c14-10-6-9(7-11-12(10)17-8-16-11)13(15)4-2-1-3-5-13/h6-7H,1-5,8,15H2. The molecule has 17 heavy (non-hydrogen) atoms. The quantitative estimate of drug-likeness (QED) is 0.836. The van der Waals surface area contributed by atoms with Gasteiger partial charge in [0.05, 0.1) is 5.02 Å². The molecule has 1 aliphatic carbocycles. The minimum absolute atomic E-state index is 0.246. The van der Waals surface area contributed by atoms with Gasteiger partial charge in [0, 0.05) is 5.54 Å². The molecule has 1 aromatic carbocycles. The summed E-state index contributed by atoms with van der Waals surface area (Å²) in [5.74, 6) is 1.37. The summed E-state index contributed by atoms with van der Waals surface area (Å²) in [6.45, 7) is 0.246. The van der Waals surface area contributed by atoms with Gasteiger partial charge in [0.1, 0.15) is 0 Å². The summed E-state index contributed by atoms with van der Waals surface area (Å²) < 4.78 is 10.7. The van der Waals surface area contributed by atoms with Gasteiger partial charge in [-0.3, -0.25) is 0 Å². The normalized spacial score (nSPS) is 21.5. The molecule has 4 heteroatoms. The second-order valence-electron chi connectivity index (χ2n) is 4.91. The minimum atomic E-state index is -0.247. The van der Waals surface area contributed by atoms with E-state index in [1.54, 1.807) is 0 Å². The average Bonchev–Trinajstić information content (AvgIpc) is 2.78. The number of halogens is 1. The molecular weight excluding hydrogens is 238 g/mol. The van der Waals surface area contributed by atoms with E-state index in [4.69, 9.17) is 26.8 Å². The molecule has 0 bridgehead atoms. The highest BCUT2D eigenvalue weighted by Gasteiger charge is 2.32. The monoisotopic (exact) mass is 253 g/mol. The lowest BCUT2D eigenvalue weighted by atomic mass is 9.77. The van der Waals surface area contributed by atoms with Crippen LogP contribution in [0.2, 0.25) is 5.02 Å². The number of nitrogens with two attached hydrogens (primary N) is 1. The largest absolute Gasteiger partial charge is 0.454 e. The van der Waals surface area contributed by atoms with Crippen molar-refractivity contribution in [2.45, 2.75) is 37.6 Å². The molecule has 2 aliphatic rings. The summed E-state index contributed by atoms with van der Waals surface area (Å²) in [4.78, 5) is 0. The zero-order valence-electron chi connectivity index (χ0n) is 9.67. The van der Waals surface area contributed by atoms with Crippen molar-refractivity contribution >= 4 is 11.6 Å². The first-order chi connectivity index (χ1) is 8.19. The summed E-state index contributed by atoms with van der Waals surface area (Å²) in [5, 5.41) is 0.602. The molecule has 1 aromatic rings. The predicted molar refractivity (Wildman–Crippen MR) is 66.5 cm³/mol. The highest BCUT2D eigenvalue weighted by atomic mass is 35.5. The maximum atomic E-state index is 6.49. The fourth-order valence-corrected chi connectivity index (χ4v) is 2.99. The number of benzene rings is 1. The molecule has 3 rings (SSSR count). The van der Waals surface area contributed by atoms with Crippen LogP contribution in [-0.4, -0.2) is 6.79 Å². The van der Waals surface area contributed by atoms with E-state index in [1.807, 2.05) is 12.1 Å². The Labute approximate surface area is 106 Å². The molecule has 0 aromatic heterocycles. The smallest absolute Gasteiger partial charge is 0.231 e. The highest BCUT2D eigenvalue weighted by Crippen LogP contribution is 2.44. The van der Waals surface area contributed by atoms with Crippen LogP contribution in [0.3, 0.4) is 0 Å². The van der Waals surface area contributed by atoms with Gasteiger partial charge >= 0.3 is 0 Å². The summed E-state index contributed by atoms with van der Waals surface area (Å²) in [6, 6.07) is 3.92. The molecule has 1 saturated carbocycles. The van der Waals surface area contributed by atoms with Crippen LogP contribution in [0.4, 0.5) is 0 Å². The van der Waals surface area contributed by atoms with Gasteiger partial charge in [-0.15, -0.1) is 0 Å². The van der Waals surface area contributed by atoms with E-state index in [2.05, 4.69) is 0 Å². The van der Waals surface area contributed by atoms with Crippen molar-refractivity contribution in [2.75, 3.05) is 6.79 Å². The zero-order chi connectivity index (χ0) is 11.9. The molecule has 2 N–H and O–H groups in total. The maximum absolute atomic E-state index is 6.49. The summed E-state index contributed by atoms with van der Waals surface area (Å²) in [5.41, 5.74) is 7.32. The zero-order valence-corrected chi connectivity index (χ0v) is 10.4. The summed E-state index contributed by atoms with van der Waals surface area (Å²) >= 11 is 6.20. The van der Waals surface area contributed by atoms with Crippen LogP contribution in [0.25, 0.3) is 0 Å². The van der Waals surface area contributed by atoms with E-state index >= 15 is 0 Å². The lowest BCUT2D eigenvalue weighted by Gasteiger charge is -2.34. The SMILES string of the molecule is NC1(c2cc(Cl)c3c(c2)OCO3)CCCCC1. The van der Waals surface area contributed by atoms with E-state index in [1.165, 1.54) is 19.3 Å². The second kappa shape index (κ2) is 4.07. The highest BCUT2D eigenvalue weighted by molar-refractivity contribution is 6.32. The third-order valence-corrected chi connectivity index (χ3v) is 4.03.